The number of anilines is 2. The van der Waals surface area contributed by atoms with Crippen molar-refractivity contribution >= 4 is 54.7 Å². The molecule has 2 aromatic heterocycles. The average Bonchev–Trinajstić information content (AvgIpc) is 3.74. The summed E-state index contributed by atoms with van der Waals surface area (Å²) in [6.45, 7) is 2.93. The fourth-order valence-electron chi connectivity index (χ4n) is 8.68. The number of aromatic nitrogens is 2. The van der Waals surface area contributed by atoms with Gasteiger partial charge >= 0.3 is 6.01 Å². The van der Waals surface area contributed by atoms with Crippen LogP contribution in [0.4, 0.5) is 24.0 Å². The summed E-state index contributed by atoms with van der Waals surface area (Å²) in [5.74, 6) is -0.507. The second-order valence-electron chi connectivity index (χ2n) is 13.7. The predicted molar refractivity (Wildman–Crippen MR) is 185 cm³/mol. The second kappa shape index (κ2) is 12.6. The Labute approximate surface area is 291 Å². The van der Waals surface area contributed by atoms with Gasteiger partial charge in [0.15, 0.2) is 11.6 Å². The lowest BCUT2D eigenvalue weighted by molar-refractivity contribution is 0.107. The zero-order chi connectivity index (χ0) is 34.0. The van der Waals surface area contributed by atoms with E-state index in [1.54, 1.807) is 0 Å². The van der Waals surface area contributed by atoms with E-state index in [1.807, 2.05) is 7.05 Å². The van der Waals surface area contributed by atoms with Gasteiger partial charge in [-0.15, -0.1) is 11.3 Å². The van der Waals surface area contributed by atoms with Gasteiger partial charge in [0.25, 0.3) is 0 Å². The molecule has 49 heavy (non-hydrogen) atoms. The third-order valence-electron chi connectivity index (χ3n) is 11.0. The molecule has 14 heteroatoms. The lowest BCUT2D eigenvalue weighted by Crippen LogP contribution is -2.48. The molecule has 0 bridgehead atoms. The predicted octanol–water partition coefficient (Wildman–Crippen LogP) is 6.83. The Morgan fingerprint density at radius 2 is 2.06 bits per heavy atom. The Morgan fingerprint density at radius 1 is 1.22 bits per heavy atom. The normalized spacial score (nSPS) is 25.1. The quantitative estimate of drug-likeness (QED) is 0.213. The van der Waals surface area contributed by atoms with Crippen LogP contribution in [0.15, 0.2) is 12.1 Å². The number of rotatable bonds is 7. The van der Waals surface area contributed by atoms with Gasteiger partial charge in [-0.3, -0.25) is 4.90 Å². The van der Waals surface area contributed by atoms with E-state index in [9.17, 15) is 9.65 Å². The van der Waals surface area contributed by atoms with Gasteiger partial charge in [-0.1, -0.05) is 30.5 Å². The molecular formula is C35H37ClF3N7O2S. The number of nitrogens with two attached hydrogens (primary N) is 1. The van der Waals surface area contributed by atoms with Crippen molar-refractivity contribution in [1.82, 2.24) is 20.2 Å². The van der Waals surface area contributed by atoms with Crippen molar-refractivity contribution < 1.29 is 22.6 Å². The number of likely N-dealkylation sites (N-methyl/N-ethyl adjacent to an activating group) is 1. The first kappa shape index (κ1) is 32.6. The Balaban J connectivity index is 1.37. The molecule has 9 nitrogen and oxygen atoms in total. The summed E-state index contributed by atoms with van der Waals surface area (Å²) in [5.41, 5.74) is 5.80. The number of thiophene rings is 1. The minimum Gasteiger partial charge on any atom is -0.491 e. The molecule has 4 aliphatic rings. The van der Waals surface area contributed by atoms with Gasteiger partial charge in [0.1, 0.15) is 41.0 Å². The number of fused-ring (bicyclic) bond motifs is 3. The average molecular weight is 712 g/mol. The molecule has 3 aliphatic heterocycles. The Morgan fingerprint density at radius 3 is 2.88 bits per heavy atom. The number of nitrogens with zero attached hydrogens (tertiary/aromatic N) is 5. The summed E-state index contributed by atoms with van der Waals surface area (Å²) >= 11 is 8.09. The molecule has 0 spiro atoms. The van der Waals surface area contributed by atoms with Crippen molar-refractivity contribution in [3.05, 3.63) is 34.4 Å². The Kier molecular flexibility index (Phi) is 8.41. The number of hydrogen-bond donors (Lipinski definition) is 2. The third-order valence-corrected chi connectivity index (χ3v) is 12.3. The number of nitrogen functional groups attached to an aromatic ring is 1. The molecule has 3 N–H and O–H groups in total. The molecule has 4 aromatic rings. The SMILES string of the molecule is CNCCN1c2nc(OC[C@@]34CCCN3C[C@H](F)C4)nc3c(F)c(-c4ccc(F)c5sc(N)c(C#N)c45)c(Cl)c(c23)OCC2CCCCC21. The van der Waals surface area contributed by atoms with Crippen molar-refractivity contribution in [3.8, 4) is 29.0 Å². The molecule has 2 saturated heterocycles. The van der Waals surface area contributed by atoms with Crippen LogP contribution in [0.25, 0.3) is 32.1 Å². The minimum absolute atomic E-state index is 0.0201. The number of halogens is 4. The fourth-order valence-corrected chi connectivity index (χ4v) is 9.96. The summed E-state index contributed by atoms with van der Waals surface area (Å²) in [5, 5.41) is 13.8. The van der Waals surface area contributed by atoms with E-state index in [-0.39, 0.29) is 72.6 Å². The molecular weight excluding hydrogens is 675 g/mol. The van der Waals surface area contributed by atoms with Crippen LogP contribution in [0.3, 0.4) is 0 Å². The van der Waals surface area contributed by atoms with Crippen LogP contribution >= 0.6 is 22.9 Å². The first-order chi connectivity index (χ1) is 23.7. The topological polar surface area (TPSA) is 113 Å². The summed E-state index contributed by atoms with van der Waals surface area (Å²) in [6.07, 6.45) is 5.14. The summed E-state index contributed by atoms with van der Waals surface area (Å²) in [4.78, 5) is 14.0. The number of ether oxygens (including phenoxy) is 2. The standard InChI is InChI=1S/C35H37ClF3N7O2S/c1-42-10-12-46-23-6-3-2-5-18(23)16-47-30-26-29(43-34(44-33(26)46)48-17-35-9-4-11-45(35)15-19(37)13-35)28(39)25(27(30)36)20-7-8-22(38)31-24(20)21(14-40)32(41)49-31/h7-8,18-19,23,42H,2-6,9-13,15-17,41H2,1H3/t18?,19-,23?,35+/m1/s1. The number of benzene rings is 2. The van der Waals surface area contributed by atoms with Gasteiger partial charge < -0.3 is 25.4 Å². The highest BCUT2D eigenvalue weighted by atomic mass is 35.5. The lowest BCUT2D eigenvalue weighted by Gasteiger charge is -2.42. The molecule has 2 unspecified atom stereocenters. The first-order valence-electron chi connectivity index (χ1n) is 16.9. The molecule has 0 radical (unpaired) electrons. The molecule has 1 saturated carbocycles. The van der Waals surface area contributed by atoms with E-state index in [0.29, 0.717) is 43.9 Å². The first-order valence-corrected chi connectivity index (χ1v) is 18.1. The summed E-state index contributed by atoms with van der Waals surface area (Å²) in [7, 11) is 1.88. The number of nitriles is 1. The highest BCUT2D eigenvalue weighted by molar-refractivity contribution is 7.23. The van der Waals surface area contributed by atoms with Gasteiger partial charge in [0.2, 0.25) is 0 Å². The molecule has 0 amide bonds. The van der Waals surface area contributed by atoms with Crippen molar-refractivity contribution in [1.29, 1.82) is 5.26 Å². The summed E-state index contributed by atoms with van der Waals surface area (Å²) < 4.78 is 60.1. The molecule has 3 fully saturated rings. The number of alkyl halides is 1. The maximum absolute atomic E-state index is 17.4. The van der Waals surface area contributed by atoms with Gasteiger partial charge in [0.05, 0.1) is 32.8 Å². The zero-order valence-corrected chi connectivity index (χ0v) is 28.7. The molecule has 258 valence electrons. The van der Waals surface area contributed by atoms with Gasteiger partial charge in [-0.2, -0.15) is 15.2 Å². The lowest BCUT2D eigenvalue weighted by atomic mass is 9.83. The van der Waals surface area contributed by atoms with Crippen LogP contribution < -0.4 is 25.4 Å². The van der Waals surface area contributed by atoms with Crippen molar-refractivity contribution in [2.24, 2.45) is 5.92 Å². The molecule has 1 aliphatic carbocycles. The van der Waals surface area contributed by atoms with Crippen LogP contribution in [-0.4, -0.2) is 79.1 Å². The van der Waals surface area contributed by atoms with Gasteiger partial charge in [0, 0.05) is 49.0 Å². The van der Waals surface area contributed by atoms with E-state index in [2.05, 4.69) is 26.2 Å². The van der Waals surface area contributed by atoms with Gasteiger partial charge in [-0.05, 0) is 50.9 Å². The second-order valence-corrected chi connectivity index (χ2v) is 15.2. The zero-order valence-electron chi connectivity index (χ0n) is 27.1. The van der Waals surface area contributed by atoms with Gasteiger partial charge in [-0.25, -0.2) is 13.2 Å². The van der Waals surface area contributed by atoms with E-state index in [0.717, 1.165) is 56.4 Å². The largest absolute Gasteiger partial charge is 0.491 e. The molecule has 4 atom stereocenters. The van der Waals surface area contributed by atoms with Crippen molar-refractivity contribution in [3.63, 3.8) is 0 Å². The number of nitrogens with one attached hydrogen (secondary N) is 1. The Bertz CT molecular complexity index is 2010. The molecule has 2 aromatic carbocycles. The maximum atomic E-state index is 17.4. The fraction of sp³-hybridized carbons (Fsp3) is 0.514. The third kappa shape index (κ3) is 5.25. The minimum atomic E-state index is -0.936. The smallest absolute Gasteiger partial charge is 0.319 e. The van der Waals surface area contributed by atoms with E-state index < -0.39 is 23.3 Å². The van der Waals surface area contributed by atoms with Crippen molar-refractivity contribution in [2.75, 3.05) is 57.1 Å². The molecule has 5 heterocycles. The van der Waals surface area contributed by atoms with Crippen LogP contribution in [0, 0.1) is 28.9 Å². The monoisotopic (exact) mass is 711 g/mol. The molecule has 8 rings (SSSR count). The Hall–Kier alpha value is -3.57. The number of hydrogen-bond acceptors (Lipinski definition) is 10. The van der Waals surface area contributed by atoms with E-state index in [4.69, 9.17) is 31.8 Å². The highest BCUT2D eigenvalue weighted by Gasteiger charge is 2.49. The van der Waals surface area contributed by atoms with Crippen LogP contribution in [0.5, 0.6) is 11.8 Å². The van der Waals surface area contributed by atoms with Crippen molar-refractivity contribution in [2.45, 2.75) is 62.7 Å². The van der Waals surface area contributed by atoms with E-state index in [1.165, 1.54) is 12.1 Å². The highest BCUT2D eigenvalue weighted by Crippen LogP contribution is 2.52. The van der Waals surface area contributed by atoms with Crippen LogP contribution in [0.1, 0.15) is 50.5 Å². The van der Waals surface area contributed by atoms with Crippen LogP contribution in [-0.2, 0) is 0 Å². The maximum Gasteiger partial charge on any atom is 0.319 e. The van der Waals surface area contributed by atoms with E-state index >= 15 is 8.78 Å². The van der Waals surface area contributed by atoms with Crippen LogP contribution in [0.2, 0.25) is 5.02 Å². The summed E-state index contributed by atoms with van der Waals surface area (Å²) in [6, 6.07) is 4.75.